The third-order valence-corrected chi connectivity index (χ3v) is 4.23. The number of aliphatic hydroxyl groups is 1. The number of halogens is 1. The summed E-state index contributed by atoms with van der Waals surface area (Å²) in [7, 11) is 0. The van der Waals surface area contributed by atoms with Gasteiger partial charge in [-0.2, -0.15) is 0 Å². The molecule has 0 aliphatic rings. The molecular weight excluding hydrogens is 404 g/mol. The van der Waals surface area contributed by atoms with Crippen LogP contribution in [0, 0.1) is 0 Å². The Morgan fingerprint density at radius 1 is 1.10 bits per heavy atom. The maximum Gasteiger partial charge on any atom is 0.248 e. The molecular formula is C23H27ClN2O4. The number of aromatic hydroxyl groups is 1. The zero-order chi connectivity index (χ0) is 21.4. The van der Waals surface area contributed by atoms with Crippen LogP contribution in [-0.2, 0) is 4.79 Å². The highest BCUT2D eigenvalue weighted by atomic mass is 35.5. The number of quaternary nitrogens is 1. The summed E-state index contributed by atoms with van der Waals surface area (Å²) < 4.78 is 0. The van der Waals surface area contributed by atoms with Crippen LogP contribution in [0.3, 0.4) is 0 Å². The van der Waals surface area contributed by atoms with E-state index in [9.17, 15) is 19.8 Å². The minimum Gasteiger partial charge on any atom is -1.00 e. The van der Waals surface area contributed by atoms with E-state index in [2.05, 4.69) is 5.32 Å². The second kappa shape index (κ2) is 11.9. The van der Waals surface area contributed by atoms with Gasteiger partial charge in [-0.15, -0.1) is 0 Å². The van der Waals surface area contributed by atoms with Gasteiger partial charge in [-0.3, -0.25) is 9.59 Å². The Morgan fingerprint density at radius 3 is 2.40 bits per heavy atom. The van der Waals surface area contributed by atoms with Crippen molar-refractivity contribution in [2.75, 3.05) is 5.32 Å². The van der Waals surface area contributed by atoms with E-state index in [0.29, 0.717) is 16.8 Å². The Kier molecular flexibility index (Phi) is 9.98. The predicted molar refractivity (Wildman–Crippen MR) is 112 cm³/mol. The van der Waals surface area contributed by atoms with Crippen molar-refractivity contribution in [3.8, 4) is 5.75 Å². The first-order valence-corrected chi connectivity index (χ1v) is 9.35. The van der Waals surface area contributed by atoms with Gasteiger partial charge in [0.25, 0.3) is 0 Å². The summed E-state index contributed by atoms with van der Waals surface area (Å²) in [5.74, 6) is -0.302. The number of allylic oxidation sites excluding steroid dienone is 2. The Hall–Kier alpha value is -2.93. The quantitative estimate of drug-likeness (QED) is 0.340. The molecule has 1 amide bonds. The van der Waals surface area contributed by atoms with Crippen molar-refractivity contribution in [2.24, 2.45) is 0 Å². The summed E-state index contributed by atoms with van der Waals surface area (Å²) >= 11 is 0. The van der Waals surface area contributed by atoms with Crippen LogP contribution in [0.25, 0.3) is 0 Å². The first kappa shape index (κ1) is 25.1. The molecule has 30 heavy (non-hydrogen) atoms. The predicted octanol–water partition coefficient (Wildman–Crippen LogP) is -0.317. The SMILES string of the molecule is CC(C)=CC(=O)Nc1cccc(C(=O)/C=C/[NH2+]C(C)C(O)c2ccc(O)cc2)c1.[Cl-]. The van der Waals surface area contributed by atoms with E-state index in [-0.39, 0.29) is 35.9 Å². The van der Waals surface area contributed by atoms with E-state index >= 15 is 0 Å². The molecule has 0 aliphatic carbocycles. The molecule has 0 aliphatic heterocycles. The Labute approximate surface area is 182 Å². The van der Waals surface area contributed by atoms with Gasteiger partial charge in [0.1, 0.15) is 17.9 Å². The van der Waals surface area contributed by atoms with E-state index in [1.165, 1.54) is 24.3 Å². The molecule has 7 heteroatoms. The lowest BCUT2D eigenvalue weighted by molar-refractivity contribution is -0.632. The number of nitrogens with one attached hydrogen (secondary N) is 1. The highest BCUT2D eigenvalue weighted by molar-refractivity contribution is 6.06. The fraction of sp³-hybridized carbons (Fsp3) is 0.217. The molecule has 0 spiro atoms. The number of rotatable bonds is 8. The van der Waals surface area contributed by atoms with E-state index in [1.807, 2.05) is 20.8 Å². The first-order chi connectivity index (χ1) is 13.8. The minimum absolute atomic E-state index is 0. The minimum atomic E-state index is -0.746. The monoisotopic (exact) mass is 430 g/mol. The van der Waals surface area contributed by atoms with Crippen LogP contribution in [0.5, 0.6) is 5.75 Å². The Bertz CT molecular complexity index is 919. The Morgan fingerprint density at radius 2 is 1.77 bits per heavy atom. The van der Waals surface area contributed by atoms with Crippen LogP contribution in [0.15, 0.2) is 72.5 Å². The molecule has 0 saturated heterocycles. The van der Waals surface area contributed by atoms with E-state index in [0.717, 1.165) is 5.57 Å². The number of nitrogens with two attached hydrogens (primary N) is 1. The molecule has 0 fully saturated rings. The van der Waals surface area contributed by atoms with Crippen molar-refractivity contribution in [2.45, 2.75) is 32.9 Å². The number of hydrogen-bond acceptors (Lipinski definition) is 4. The highest BCUT2D eigenvalue weighted by Crippen LogP contribution is 2.18. The summed E-state index contributed by atoms with van der Waals surface area (Å²) in [6.45, 7) is 5.51. The standard InChI is InChI=1S/C23H26N2O4.ClH/c1-15(2)13-22(28)25-19-6-4-5-18(14-19)21(27)11-12-24-16(3)23(29)17-7-9-20(26)10-8-17;/h4-14,16,23-24,26,29H,1-3H3,(H,25,28);1H/b12-11+;. The van der Waals surface area contributed by atoms with Gasteiger partial charge in [-0.1, -0.05) is 29.8 Å². The number of phenolic OH excluding ortho intramolecular Hbond substituents is 1. The van der Waals surface area contributed by atoms with Gasteiger partial charge in [0.2, 0.25) is 5.91 Å². The second-order valence-corrected chi connectivity index (χ2v) is 7.10. The molecule has 2 unspecified atom stereocenters. The number of anilines is 1. The lowest BCUT2D eigenvalue weighted by atomic mass is 10.0. The van der Waals surface area contributed by atoms with Crippen LogP contribution >= 0.6 is 0 Å². The average molecular weight is 431 g/mol. The van der Waals surface area contributed by atoms with Crippen LogP contribution in [0.1, 0.15) is 42.8 Å². The third kappa shape index (κ3) is 7.83. The fourth-order valence-electron chi connectivity index (χ4n) is 2.69. The summed E-state index contributed by atoms with van der Waals surface area (Å²) in [6, 6.07) is 12.9. The lowest BCUT2D eigenvalue weighted by Gasteiger charge is -2.15. The molecule has 2 aromatic carbocycles. The Balaban J connectivity index is 0.00000450. The molecule has 0 aromatic heterocycles. The van der Waals surface area contributed by atoms with Crippen molar-refractivity contribution >= 4 is 17.4 Å². The van der Waals surface area contributed by atoms with Crippen molar-refractivity contribution < 1.29 is 37.5 Å². The number of hydrogen-bond donors (Lipinski definition) is 4. The summed E-state index contributed by atoms with van der Waals surface area (Å²) in [5, 5.41) is 24.2. The molecule has 0 heterocycles. The zero-order valence-corrected chi connectivity index (χ0v) is 17.9. The average Bonchev–Trinajstić information content (AvgIpc) is 2.67. The van der Waals surface area contributed by atoms with E-state index in [4.69, 9.17) is 0 Å². The van der Waals surface area contributed by atoms with Gasteiger partial charge in [0.05, 0.1) is 6.20 Å². The van der Waals surface area contributed by atoms with Gasteiger partial charge < -0.3 is 33.3 Å². The van der Waals surface area contributed by atoms with Crippen molar-refractivity contribution in [1.29, 1.82) is 0 Å². The highest BCUT2D eigenvalue weighted by Gasteiger charge is 2.18. The van der Waals surface area contributed by atoms with Gasteiger partial charge in [0.15, 0.2) is 5.78 Å². The molecule has 2 atom stereocenters. The molecule has 0 bridgehead atoms. The topological polar surface area (TPSA) is 103 Å². The maximum absolute atomic E-state index is 12.4. The first-order valence-electron chi connectivity index (χ1n) is 9.35. The lowest BCUT2D eigenvalue weighted by Crippen LogP contribution is -3.00. The van der Waals surface area contributed by atoms with Crippen molar-refractivity contribution in [1.82, 2.24) is 0 Å². The molecule has 2 rings (SSSR count). The number of benzene rings is 2. The van der Waals surface area contributed by atoms with Gasteiger partial charge >= 0.3 is 0 Å². The van der Waals surface area contributed by atoms with E-state index in [1.54, 1.807) is 47.9 Å². The number of ketones is 1. The van der Waals surface area contributed by atoms with Crippen molar-refractivity contribution in [3.05, 3.63) is 83.6 Å². The number of carbonyl (C=O) groups is 2. The molecule has 2 aromatic rings. The number of aliphatic hydroxyl groups excluding tert-OH is 1. The number of phenols is 1. The largest absolute Gasteiger partial charge is 1.00 e. The van der Waals surface area contributed by atoms with Crippen LogP contribution in [0.4, 0.5) is 5.69 Å². The maximum atomic E-state index is 12.4. The second-order valence-electron chi connectivity index (χ2n) is 7.10. The molecule has 5 N–H and O–H groups in total. The summed E-state index contributed by atoms with van der Waals surface area (Å²) in [5.41, 5.74) is 2.58. The number of amides is 1. The molecule has 0 saturated carbocycles. The van der Waals surface area contributed by atoms with E-state index < -0.39 is 6.10 Å². The number of carbonyl (C=O) groups excluding carboxylic acids is 2. The third-order valence-electron chi connectivity index (χ3n) is 4.23. The smallest absolute Gasteiger partial charge is 0.248 e. The van der Waals surface area contributed by atoms with Crippen LogP contribution in [-0.4, -0.2) is 27.9 Å². The van der Waals surface area contributed by atoms with Crippen molar-refractivity contribution in [3.63, 3.8) is 0 Å². The fourth-order valence-corrected chi connectivity index (χ4v) is 2.69. The normalized spacial score (nSPS) is 12.5. The van der Waals surface area contributed by atoms with Gasteiger partial charge in [-0.05, 0) is 50.6 Å². The summed E-state index contributed by atoms with van der Waals surface area (Å²) in [6.07, 6.45) is 3.79. The molecule has 160 valence electrons. The van der Waals surface area contributed by atoms with Gasteiger partial charge in [0, 0.05) is 23.4 Å². The molecule has 6 nitrogen and oxygen atoms in total. The van der Waals surface area contributed by atoms with Gasteiger partial charge in [-0.25, -0.2) is 0 Å². The molecule has 0 radical (unpaired) electrons. The van der Waals surface area contributed by atoms with Crippen LogP contribution in [0.2, 0.25) is 0 Å². The van der Waals surface area contributed by atoms with Crippen LogP contribution < -0.4 is 23.0 Å². The zero-order valence-electron chi connectivity index (χ0n) is 17.2. The summed E-state index contributed by atoms with van der Waals surface area (Å²) in [4.78, 5) is 24.2.